The topological polar surface area (TPSA) is 161 Å². The Balaban J connectivity index is 1.17. The van der Waals surface area contributed by atoms with Gasteiger partial charge in [-0.15, -0.1) is 21.6 Å². The summed E-state index contributed by atoms with van der Waals surface area (Å²) in [5.41, 5.74) is 6.72. The number of nitrogens with one attached hydrogen (secondary N) is 2. The molecule has 1 atom stereocenters. The van der Waals surface area contributed by atoms with Crippen LogP contribution < -0.4 is 16.4 Å². The molecule has 0 fully saturated rings. The minimum absolute atomic E-state index is 0.109. The van der Waals surface area contributed by atoms with Crippen molar-refractivity contribution < 1.29 is 14.1 Å². The lowest BCUT2D eigenvalue weighted by molar-refractivity contribution is -0.121. The van der Waals surface area contributed by atoms with Crippen LogP contribution in [0, 0.1) is 5.92 Å². The van der Waals surface area contributed by atoms with E-state index in [-0.39, 0.29) is 24.2 Å². The number of hydrogen-bond acceptors (Lipinski definition) is 11. The van der Waals surface area contributed by atoms with Crippen LogP contribution in [0.1, 0.15) is 18.7 Å². The second-order valence-electron chi connectivity index (χ2n) is 7.10. The van der Waals surface area contributed by atoms with Gasteiger partial charge in [-0.3, -0.25) is 9.59 Å². The number of nitrogen functional groups attached to an aromatic ring is 1. The van der Waals surface area contributed by atoms with Crippen LogP contribution in [0.5, 0.6) is 0 Å². The van der Waals surface area contributed by atoms with Crippen LogP contribution in [0.15, 0.2) is 54.8 Å². The fraction of sp³-hybridized carbons (Fsp3) is 0.350. The Hall–Kier alpha value is -3.32. The number of nitrogens with two attached hydrogens (primary N) is 1. The molecule has 11 nitrogen and oxygen atoms in total. The number of allylic oxidation sites excluding steroid dienone is 3. The molecule has 0 bridgehead atoms. The molecule has 2 aliphatic rings. The van der Waals surface area contributed by atoms with Crippen LogP contribution in [0.4, 0.5) is 5.82 Å². The third kappa shape index (κ3) is 5.54. The van der Waals surface area contributed by atoms with E-state index in [0.717, 1.165) is 9.91 Å². The highest BCUT2D eigenvalue weighted by Gasteiger charge is 2.27. The first-order valence-electron chi connectivity index (χ1n) is 10.2. The molecule has 0 spiro atoms. The van der Waals surface area contributed by atoms with Crippen molar-refractivity contribution in [1.29, 1.82) is 0 Å². The molecule has 4 N–H and O–H groups in total. The van der Waals surface area contributed by atoms with E-state index in [4.69, 9.17) is 10.3 Å². The maximum absolute atomic E-state index is 12.1. The molecule has 4 rings (SSSR count). The molecule has 1 aliphatic carbocycles. The molecule has 0 radical (unpaired) electrons. The zero-order chi connectivity index (χ0) is 23.2. The Morgan fingerprint density at radius 1 is 1.27 bits per heavy atom. The maximum atomic E-state index is 12.1. The molecule has 33 heavy (non-hydrogen) atoms. The van der Waals surface area contributed by atoms with Gasteiger partial charge >= 0.3 is 0 Å². The summed E-state index contributed by atoms with van der Waals surface area (Å²) in [7, 11) is 0. The van der Waals surface area contributed by atoms with Crippen LogP contribution in [-0.4, -0.2) is 46.3 Å². The lowest BCUT2D eigenvalue weighted by Gasteiger charge is -2.20. The number of carbonyl (C=O) groups is 2. The summed E-state index contributed by atoms with van der Waals surface area (Å²) >= 11 is 2.90. The smallest absolute Gasteiger partial charge is 0.276 e. The molecule has 0 aromatic carbocycles. The second kappa shape index (κ2) is 10.5. The average Bonchev–Trinajstić information content (AvgIpc) is 3.45. The summed E-state index contributed by atoms with van der Waals surface area (Å²) in [6, 6.07) is 0. The van der Waals surface area contributed by atoms with E-state index in [9.17, 15) is 9.59 Å². The first-order valence-corrected chi connectivity index (χ1v) is 12.3. The maximum Gasteiger partial charge on any atom is 0.276 e. The number of aromatic nitrogens is 3. The van der Waals surface area contributed by atoms with E-state index < -0.39 is 0 Å². The van der Waals surface area contributed by atoms with E-state index in [1.165, 1.54) is 23.1 Å². The zero-order valence-corrected chi connectivity index (χ0v) is 19.4. The Morgan fingerprint density at radius 2 is 2.15 bits per heavy atom. The highest BCUT2D eigenvalue weighted by Crippen LogP contribution is 2.34. The van der Waals surface area contributed by atoms with Gasteiger partial charge in [0.05, 0.1) is 5.92 Å². The van der Waals surface area contributed by atoms with Crippen molar-refractivity contribution in [1.82, 2.24) is 25.8 Å². The van der Waals surface area contributed by atoms with Gasteiger partial charge < -0.3 is 20.9 Å². The van der Waals surface area contributed by atoms with Crippen molar-refractivity contribution in [2.75, 3.05) is 25.1 Å². The number of anilines is 1. The average molecular weight is 487 g/mol. The highest BCUT2D eigenvalue weighted by atomic mass is 32.2. The number of nitrogens with zero attached hydrogens (tertiary/aromatic N) is 5. The van der Waals surface area contributed by atoms with Gasteiger partial charge in [0.25, 0.3) is 5.91 Å². The Morgan fingerprint density at radius 3 is 2.97 bits per heavy atom. The number of azo groups is 1. The Kier molecular flexibility index (Phi) is 7.29. The van der Waals surface area contributed by atoms with Gasteiger partial charge in [-0.25, -0.2) is 4.98 Å². The Bertz CT molecular complexity index is 1160. The quantitative estimate of drug-likeness (QED) is 0.338. The predicted molar refractivity (Wildman–Crippen MR) is 124 cm³/mol. The second-order valence-corrected chi connectivity index (χ2v) is 9.16. The lowest BCUT2D eigenvalue weighted by atomic mass is 9.93. The molecule has 3 heterocycles. The van der Waals surface area contributed by atoms with Gasteiger partial charge in [-0.05, 0) is 12.7 Å². The summed E-state index contributed by atoms with van der Waals surface area (Å²) in [5.74, 6) is 0.959. The van der Waals surface area contributed by atoms with Crippen molar-refractivity contribution in [3.8, 4) is 10.7 Å². The number of carbonyl (C=O) groups excluding carboxylic acids is 2. The number of rotatable bonds is 10. The van der Waals surface area contributed by atoms with Gasteiger partial charge in [0.1, 0.15) is 10.7 Å². The third-order valence-electron chi connectivity index (χ3n) is 4.83. The molecule has 2 amide bonds. The number of hydrogen-bond donors (Lipinski definition) is 3. The number of fused-ring (bicyclic) bond motifs is 1. The molecule has 13 heteroatoms. The van der Waals surface area contributed by atoms with E-state index in [0.29, 0.717) is 54.2 Å². The Labute approximate surface area is 197 Å². The fourth-order valence-corrected chi connectivity index (χ4v) is 4.60. The van der Waals surface area contributed by atoms with Crippen LogP contribution in [-0.2, 0) is 16.0 Å². The number of thiazole rings is 1. The summed E-state index contributed by atoms with van der Waals surface area (Å²) in [6.07, 6.45) is 10.5. The minimum Gasteiger partial charge on any atom is -0.382 e. The molecular formula is C20H22N8O3S2. The largest absolute Gasteiger partial charge is 0.382 e. The molecule has 1 aliphatic heterocycles. The lowest BCUT2D eigenvalue weighted by Crippen LogP contribution is -2.28. The van der Waals surface area contributed by atoms with Crippen molar-refractivity contribution >= 4 is 40.7 Å². The molecule has 2 aromatic heterocycles. The summed E-state index contributed by atoms with van der Waals surface area (Å²) in [4.78, 5) is 33.1. The van der Waals surface area contributed by atoms with Crippen LogP contribution in [0.3, 0.4) is 0 Å². The van der Waals surface area contributed by atoms with E-state index >= 15 is 0 Å². The van der Waals surface area contributed by atoms with E-state index in [2.05, 4.69) is 36.0 Å². The highest BCUT2D eigenvalue weighted by molar-refractivity contribution is 8.00. The van der Waals surface area contributed by atoms with E-state index in [1.807, 2.05) is 24.5 Å². The molecule has 2 aromatic rings. The number of thioether (sulfide) groups is 1. The summed E-state index contributed by atoms with van der Waals surface area (Å²) in [5, 5.41) is 17.6. The van der Waals surface area contributed by atoms with Gasteiger partial charge in [0, 0.05) is 31.5 Å². The van der Waals surface area contributed by atoms with E-state index in [1.54, 1.807) is 6.08 Å². The monoisotopic (exact) mass is 486 g/mol. The summed E-state index contributed by atoms with van der Waals surface area (Å²) < 4.78 is 6.06. The molecule has 0 saturated heterocycles. The van der Waals surface area contributed by atoms with Gasteiger partial charge in [0.15, 0.2) is 10.2 Å². The fourth-order valence-electron chi connectivity index (χ4n) is 3.18. The molecule has 172 valence electrons. The van der Waals surface area contributed by atoms with Crippen LogP contribution >= 0.6 is 23.1 Å². The van der Waals surface area contributed by atoms with Gasteiger partial charge in [0.2, 0.25) is 17.6 Å². The predicted octanol–water partition coefficient (Wildman–Crippen LogP) is 2.47. The zero-order valence-electron chi connectivity index (χ0n) is 17.8. The first kappa shape index (κ1) is 22.9. The van der Waals surface area contributed by atoms with Crippen LogP contribution in [0.2, 0.25) is 0 Å². The van der Waals surface area contributed by atoms with Crippen LogP contribution in [0.25, 0.3) is 10.7 Å². The van der Waals surface area contributed by atoms with Crippen molar-refractivity contribution in [2.24, 2.45) is 16.1 Å². The third-order valence-corrected chi connectivity index (χ3v) is 6.88. The molecule has 1 unspecified atom stereocenters. The van der Waals surface area contributed by atoms with Gasteiger partial charge in [-0.1, -0.05) is 41.2 Å². The number of aryl methyl sites for hydroxylation is 1. The SMILES string of the molecule is CSc1nc(N)c(-c2noc(CCC(=O)NCCCNC3=C4C=CC=CC4C(=O)N=N3)n2)s1. The first-order chi connectivity index (χ1) is 16.0. The molecule has 0 saturated carbocycles. The summed E-state index contributed by atoms with van der Waals surface area (Å²) in [6.45, 7) is 1.07. The normalized spacial score (nSPS) is 16.9. The van der Waals surface area contributed by atoms with Crippen molar-refractivity contribution in [3.63, 3.8) is 0 Å². The number of amides is 2. The molecular weight excluding hydrogens is 464 g/mol. The minimum atomic E-state index is -0.375. The van der Waals surface area contributed by atoms with Crippen molar-refractivity contribution in [3.05, 3.63) is 41.6 Å². The van der Waals surface area contributed by atoms with Gasteiger partial charge in [-0.2, -0.15) is 4.98 Å². The van der Waals surface area contributed by atoms with Crippen molar-refractivity contribution in [2.45, 2.75) is 23.6 Å². The standard InChI is InChI=1S/C20H22N8O3S2/c1-32-20-25-16(21)15(33-20)18-24-14(31-28-18)8-7-13(29)22-9-4-10-23-17-11-5-2-3-6-12(11)19(30)27-26-17/h2-3,5-6,12,23H,4,7-10,21H2,1H3,(H,22,29).